The van der Waals surface area contributed by atoms with Crippen LogP contribution in [0.3, 0.4) is 0 Å². The maximum absolute atomic E-state index is 13.0. The van der Waals surface area contributed by atoms with E-state index in [0.717, 1.165) is 11.8 Å². The molecule has 0 spiro atoms. The van der Waals surface area contributed by atoms with Crippen molar-refractivity contribution in [3.8, 4) is 0 Å². The van der Waals surface area contributed by atoms with Crippen molar-refractivity contribution in [2.24, 2.45) is 0 Å². The monoisotopic (exact) mass is 250 g/mol. The molecule has 0 aliphatic carbocycles. The molecule has 17 heavy (non-hydrogen) atoms. The fraction of sp³-hybridized carbons (Fsp3) is 0. The van der Waals surface area contributed by atoms with E-state index < -0.39 is 5.97 Å². The van der Waals surface area contributed by atoms with Crippen molar-refractivity contribution in [2.75, 3.05) is 0 Å². The fourth-order valence-electron chi connectivity index (χ4n) is 1.20. The summed E-state index contributed by atoms with van der Waals surface area (Å²) < 4.78 is 13.0. The first kappa shape index (κ1) is 11.5. The Morgan fingerprint density at radius 2 is 2.18 bits per heavy atom. The highest BCUT2D eigenvalue weighted by atomic mass is 32.2. The summed E-state index contributed by atoms with van der Waals surface area (Å²) in [5.41, 5.74) is 0.0502. The molecule has 0 unspecified atom stereocenters. The molecule has 0 bridgehead atoms. The molecule has 0 saturated carbocycles. The van der Waals surface area contributed by atoms with Gasteiger partial charge in [0.25, 0.3) is 0 Å². The molecule has 0 amide bonds. The molecule has 2 aromatic rings. The summed E-state index contributed by atoms with van der Waals surface area (Å²) in [4.78, 5) is 11.5. The lowest BCUT2D eigenvalue weighted by atomic mass is 10.3. The Kier molecular flexibility index (Phi) is 3.34. The summed E-state index contributed by atoms with van der Waals surface area (Å²) >= 11 is 1.06. The van der Waals surface area contributed by atoms with E-state index in [9.17, 15) is 9.18 Å². The predicted octanol–water partition coefficient (Wildman–Crippen LogP) is 2.47. The highest BCUT2D eigenvalue weighted by molar-refractivity contribution is 7.99. The molecule has 1 aromatic heterocycles. The number of carboxylic acids is 1. The van der Waals surface area contributed by atoms with Crippen molar-refractivity contribution >= 4 is 17.7 Å². The summed E-state index contributed by atoms with van der Waals surface area (Å²) in [6.45, 7) is 0. The van der Waals surface area contributed by atoms with Crippen molar-refractivity contribution in [2.45, 2.75) is 9.92 Å². The molecule has 86 valence electrons. The lowest BCUT2D eigenvalue weighted by Gasteiger charge is -2.03. The molecular formula is C11H7FN2O2S. The van der Waals surface area contributed by atoms with Crippen molar-refractivity contribution in [3.63, 3.8) is 0 Å². The summed E-state index contributed by atoms with van der Waals surface area (Å²) in [7, 11) is 0. The first-order valence-corrected chi connectivity index (χ1v) is 5.47. The summed E-state index contributed by atoms with van der Waals surface area (Å²) in [5.74, 6) is -1.46. The van der Waals surface area contributed by atoms with Gasteiger partial charge in [-0.15, -0.1) is 5.10 Å². The number of aromatic carboxylic acids is 1. The number of rotatable bonds is 3. The van der Waals surface area contributed by atoms with Gasteiger partial charge in [0.05, 0.1) is 11.8 Å². The van der Waals surface area contributed by atoms with Gasteiger partial charge in [-0.25, -0.2) is 9.18 Å². The van der Waals surface area contributed by atoms with Gasteiger partial charge in [-0.2, -0.15) is 5.10 Å². The molecule has 1 N–H and O–H groups in total. The molecule has 0 radical (unpaired) electrons. The smallest absolute Gasteiger partial charge is 0.338 e. The number of benzene rings is 1. The molecular weight excluding hydrogens is 243 g/mol. The van der Waals surface area contributed by atoms with E-state index in [-0.39, 0.29) is 16.4 Å². The van der Waals surface area contributed by atoms with E-state index in [2.05, 4.69) is 10.2 Å². The normalized spacial score (nSPS) is 10.2. The van der Waals surface area contributed by atoms with E-state index in [1.807, 2.05) is 0 Å². The minimum atomic E-state index is -1.08. The van der Waals surface area contributed by atoms with Crippen molar-refractivity contribution in [1.82, 2.24) is 10.2 Å². The predicted molar refractivity (Wildman–Crippen MR) is 59.5 cm³/mol. The minimum absolute atomic E-state index is 0.0502. The van der Waals surface area contributed by atoms with Crippen LogP contribution in [-0.4, -0.2) is 21.3 Å². The zero-order chi connectivity index (χ0) is 12.3. The van der Waals surface area contributed by atoms with Crippen LogP contribution >= 0.6 is 11.8 Å². The van der Waals surface area contributed by atoms with Gasteiger partial charge in [-0.1, -0.05) is 17.8 Å². The molecule has 4 nitrogen and oxygen atoms in total. The van der Waals surface area contributed by atoms with Crippen LogP contribution in [0.15, 0.2) is 46.5 Å². The molecule has 6 heteroatoms. The number of carbonyl (C=O) groups is 1. The van der Waals surface area contributed by atoms with Gasteiger partial charge >= 0.3 is 5.97 Å². The lowest BCUT2D eigenvalue weighted by Crippen LogP contribution is -2.01. The van der Waals surface area contributed by atoms with Gasteiger partial charge in [0.1, 0.15) is 10.8 Å². The second kappa shape index (κ2) is 4.92. The SMILES string of the molecule is O=C(O)c1ccnnc1Sc1cccc(F)c1. The van der Waals surface area contributed by atoms with Gasteiger partial charge in [-0.05, 0) is 24.3 Å². The second-order valence-electron chi connectivity index (χ2n) is 3.11. The van der Waals surface area contributed by atoms with Crippen LogP contribution < -0.4 is 0 Å². The second-order valence-corrected chi connectivity index (χ2v) is 4.18. The minimum Gasteiger partial charge on any atom is -0.478 e. The number of hydrogen-bond acceptors (Lipinski definition) is 4. The average molecular weight is 250 g/mol. The Labute approximate surface area is 101 Å². The third-order valence-electron chi connectivity index (χ3n) is 1.93. The van der Waals surface area contributed by atoms with Crippen LogP contribution in [-0.2, 0) is 0 Å². The molecule has 2 rings (SSSR count). The molecule has 0 fully saturated rings. The van der Waals surface area contributed by atoms with Gasteiger partial charge in [-0.3, -0.25) is 0 Å². The number of aromatic nitrogens is 2. The molecule has 0 saturated heterocycles. The summed E-state index contributed by atoms with van der Waals surface area (Å²) in [5, 5.41) is 16.5. The highest BCUT2D eigenvalue weighted by Crippen LogP contribution is 2.28. The van der Waals surface area contributed by atoms with Crippen LogP contribution in [0.2, 0.25) is 0 Å². The fourth-order valence-corrected chi connectivity index (χ4v) is 2.09. The average Bonchev–Trinajstić information content (AvgIpc) is 2.29. The van der Waals surface area contributed by atoms with Crippen LogP contribution in [0.5, 0.6) is 0 Å². The Morgan fingerprint density at radius 1 is 1.35 bits per heavy atom. The van der Waals surface area contributed by atoms with Crippen LogP contribution in [0.1, 0.15) is 10.4 Å². The Balaban J connectivity index is 2.33. The first-order chi connectivity index (χ1) is 8.16. The van der Waals surface area contributed by atoms with Gasteiger partial charge in [0.15, 0.2) is 0 Å². The van der Waals surface area contributed by atoms with E-state index in [1.165, 1.54) is 24.4 Å². The molecule has 1 heterocycles. The highest BCUT2D eigenvalue weighted by Gasteiger charge is 2.12. The Morgan fingerprint density at radius 3 is 2.88 bits per heavy atom. The molecule has 0 atom stereocenters. The van der Waals surface area contributed by atoms with E-state index >= 15 is 0 Å². The number of carboxylic acid groups (broad SMARTS) is 1. The van der Waals surface area contributed by atoms with Gasteiger partial charge in [0.2, 0.25) is 0 Å². The lowest BCUT2D eigenvalue weighted by molar-refractivity contribution is 0.0692. The van der Waals surface area contributed by atoms with Crippen molar-refractivity contribution in [1.29, 1.82) is 0 Å². The zero-order valence-electron chi connectivity index (χ0n) is 8.50. The quantitative estimate of drug-likeness (QED) is 0.906. The zero-order valence-corrected chi connectivity index (χ0v) is 9.32. The number of halogens is 1. The maximum atomic E-state index is 13.0. The van der Waals surface area contributed by atoms with E-state index in [0.29, 0.717) is 4.90 Å². The summed E-state index contributed by atoms with van der Waals surface area (Å²) in [6.07, 6.45) is 1.30. The largest absolute Gasteiger partial charge is 0.478 e. The third kappa shape index (κ3) is 2.79. The van der Waals surface area contributed by atoms with Crippen molar-refractivity contribution < 1.29 is 14.3 Å². The third-order valence-corrected chi connectivity index (χ3v) is 2.91. The molecule has 0 aliphatic heterocycles. The number of hydrogen-bond donors (Lipinski definition) is 1. The molecule has 0 aliphatic rings. The van der Waals surface area contributed by atoms with E-state index in [1.54, 1.807) is 12.1 Å². The van der Waals surface area contributed by atoms with Crippen molar-refractivity contribution in [3.05, 3.63) is 47.9 Å². The van der Waals surface area contributed by atoms with Crippen LogP contribution in [0, 0.1) is 5.82 Å². The Hall–Kier alpha value is -1.95. The van der Waals surface area contributed by atoms with Gasteiger partial charge < -0.3 is 5.11 Å². The Bertz CT molecular complexity index is 563. The maximum Gasteiger partial charge on any atom is 0.338 e. The molecule has 1 aromatic carbocycles. The standard InChI is InChI=1S/C11H7FN2O2S/c12-7-2-1-3-8(6-7)17-10-9(11(15)16)4-5-13-14-10/h1-6H,(H,15,16). The van der Waals surface area contributed by atoms with Crippen LogP contribution in [0.4, 0.5) is 4.39 Å². The van der Waals surface area contributed by atoms with Gasteiger partial charge in [0, 0.05) is 4.90 Å². The topological polar surface area (TPSA) is 63.1 Å². The first-order valence-electron chi connectivity index (χ1n) is 4.65. The van der Waals surface area contributed by atoms with E-state index in [4.69, 9.17) is 5.11 Å². The van der Waals surface area contributed by atoms with Crippen LogP contribution in [0.25, 0.3) is 0 Å². The number of nitrogens with zero attached hydrogens (tertiary/aromatic N) is 2. The summed E-state index contributed by atoms with van der Waals surface area (Å²) in [6, 6.07) is 7.21.